The molecule has 3 nitrogen and oxygen atoms in total. The summed E-state index contributed by atoms with van der Waals surface area (Å²) < 4.78 is 6.06. The molecule has 1 aliphatic heterocycles. The van der Waals surface area contributed by atoms with E-state index in [0.29, 0.717) is 22.9 Å². The van der Waals surface area contributed by atoms with Crippen LogP contribution in [0.4, 0.5) is 0 Å². The lowest BCUT2D eigenvalue weighted by Gasteiger charge is -2.38. The van der Waals surface area contributed by atoms with E-state index in [1.807, 2.05) is 39.0 Å². The fourth-order valence-electron chi connectivity index (χ4n) is 3.34. The quantitative estimate of drug-likeness (QED) is 0.730. The van der Waals surface area contributed by atoms with E-state index in [9.17, 15) is 4.79 Å². The number of nitrogens with one attached hydrogen (secondary N) is 1. The normalized spacial score (nSPS) is 18.0. The van der Waals surface area contributed by atoms with Crippen LogP contribution in [0.2, 0.25) is 10.0 Å². The summed E-state index contributed by atoms with van der Waals surface area (Å²) in [5.74, 6) is 0.851. The van der Waals surface area contributed by atoms with Crippen LogP contribution in [0.15, 0.2) is 36.4 Å². The molecule has 0 saturated carbocycles. The van der Waals surface area contributed by atoms with Crippen LogP contribution in [0.5, 0.6) is 5.75 Å². The third-order valence-electron chi connectivity index (χ3n) is 4.59. The van der Waals surface area contributed by atoms with Crippen molar-refractivity contribution in [2.24, 2.45) is 0 Å². The number of carbonyl (C=O) groups excluding carboxylic acids is 1. The lowest BCUT2D eigenvalue weighted by molar-refractivity contribution is -0.122. The summed E-state index contributed by atoms with van der Waals surface area (Å²) in [5, 5.41) is 4.36. The Bertz CT molecular complexity index is 833. The van der Waals surface area contributed by atoms with Gasteiger partial charge in [-0.1, -0.05) is 47.0 Å². The van der Waals surface area contributed by atoms with Crippen LogP contribution in [0.3, 0.4) is 0 Å². The molecule has 0 aromatic heterocycles. The Balaban J connectivity index is 1.70. The molecule has 1 heterocycles. The van der Waals surface area contributed by atoms with Gasteiger partial charge in [-0.25, -0.2) is 0 Å². The maximum absolute atomic E-state index is 12.5. The van der Waals surface area contributed by atoms with E-state index >= 15 is 0 Å². The Morgan fingerprint density at radius 1 is 1.23 bits per heavy atom. The first-order chi connectivity index (χ1) is 12.2. The van der Waals surface area contributed by atoms with Crippen molar-refractivity contribution < 1.29 is 9.53 Å². The van der Waals surface area contributed by atoms with Gasteiger partial charge in [0.15, 0.2) is 0 Å². The maximum atomic E-state index is 12.5. The number of halogens is 2. The highest BCUT2D eigenvalue weighted by Crippen LogP contribution is 2.39. The van der Waals surface area contributed by atoms with Crippen LogP contribution in [-0.2, 0) is 11.2 Å². The van der Waals surface area contributed by atoms with Gasteiger partial charge in [-0.05, 0) is 51.0 Å². The van der Waals surface area contributed by atoms with Gasteiger partial charge >= 0.3 is 0 Å². The van der Waals surface area contributed by atoms with Gasteiger partial charge < -0.3 is 10.1 Å². The van der Waals surface area contributed by atoms with Gasteiger partial charge in [0, 0.05) is 28.5 Å². The van der Waals surface area contributed by atoms with E-state index in [-0.39, 0.29) is 17.6 Å². The zero-order valence-corrected chi connectivity index (χ0v) is 16.7. The van der Waals surface area contributed by atoms with Gasteiger partial charge in [-0.15, -0.1) is 0 Å². The molecule has 1 aliphatic rings. The molecule has 0 aliphatic carbocycles. The Labute approximate surface area is 164 Å². The molecule has 5 heteroatoms. The third kappa shape index (κ3) is 4.52. The maximum Gasteiger partial charge on any atom is 0.220 e. The minimum atomic E-state index is -0.320. The summed E-state index contributed by atoms with van der Waals surface area (Å²) in [6.07, 6.45) is 1.69. The predicted molar refractivity (Wildman–Crippen MR) is 106 cm³/mol. The molecular weight excluding hydrogens is 369 g/mol. The molecular formula is C21H23Cl2NO2. The fraction of sp³-hybridized carbons (Fsp3) is 0.381. The molecule has 0 unspecified atom stereocenters. The smallest absolute Gasteiger partial charge is 0.220 e. The van der Waals surface area contributed by atoms with Crippen molar-refractivity contribution in [3.05, 3.63) is 63.1 Å². The van der Waals surface area contributed by atoms with E-state index in [0.717, 1.165) is 28.9 Å². The number of carbonyl (C=O) groups is 1. The van der Waals surface area contributed by atoms with Crippen molar-refractivity contribution in [2.75, 3.05) is 0 Å². The first-order valence-electron chi connectivity index (χ1n) is 8.76. The summed E-state index contributed by atoms with van der Waals surface area (Å²) in [5.41, 5.74) is 2.80. The predicted octanol–water partition coefficient (Wildman–Crippen LogP) is 5.65. The number of fused-ring (bicyclic) bond motifs is 1. The number of benzene rings is 2. The molecule has 0 saturated heterocycles. The molecule has 1 amide bonds. The standard InChI is InChI=1S/C21H23Cl2NO2/c1-13-4-8-19-16(10-13)18(12-21(2,3)26-19)24-20(25)9-6-14-5-7-15(22)11-17(14)23/h4-5,7-8,10-11,18H,6,9,12H2,1-3H3,(H,24,25)/t18-/m0/s1. The molecule has 0 radical (unpaired) electrons. The SMILES string of the molecule is Cc1ccc2c(c1)[C@@H](NC(=O)CCc1ccc(Cl)cc1Cl)CC(C)(C)O2. The molecule has 0 fully saturated rings. The first kappa shape index (κ1) is 19.1. The molecule has 0 bridgehead atoms. The topological polar surface area (TPSA) is 38.3 Å². The molecule has 1 atom stereocenters. The van der Waals surface area contributed by atoms with Gasteiger partial charge in [-0.2, -0.15) is 0 Å². The van der Waals surface area contributed by atoms with Crippen molar-refractivity contribution in [1.82, 2.24) is 5.32 Å². The molecule has 2 aromatic carbocycles. The van der Waals surface area contributed by atoms with Crippen LogP contribution in [0, 0.1) is 6.92 Å². The van der Waals surface area contributed by atoms with Crippen LogP contribution < -0.4 is 10.1 Å². The largest absolute Gasteiger partial charge is 0.487 e. The van der Waals surface area contributed by atoms with Crippen molar-refractivity contribution in [1.29, 1.82) is 0 Å². The van der Waals surface area contributed by atoms with Gasteiger partial charge in [0.1, 0.15) is 11.4 Å². The summed E-state index contributed by atoms with van der Waals surface area (Å²) in [6, 6.07) is 11.4. The second kappa shape index (κ2) is 7.50. The molecule has 1 N–H and O–H groups in total. The minimum Gasteiger partial charge on any atom is -0.487 e. The number of hydrogen-bond donors (Lipinski definition) is 1. The monoisotopic (exact) mass is 391 g/mol. The second-order valence-electron chi connectivity index (χ2n) is 7.46. The van der Waals surface area contributed by atoms with E-state index in [2.05, 4.69) is 11.4 Å². The van der Waals surface area contributed by atoms with Crippen LogP contribution in [-0.4, -0.2) is 11.5 Å². The molecule has 2 aromatic rings. The summed E-state index contributed by atoms with van der Waals surface area (Å²) >= 11 is 12.1. The van der Waals surface area contributed by atoms with E-state index < -0.39 is 0 Å². The highest BCUT2D eigenvalue weighted by atomic mass is 35.5. The van der Waals surface area contributed by atoms with Gasteiger partial charge in [0.2, 0.25) is 5.91 Å². The molecule has 3 rings (SSSR count). The van der Waals surface area contributed by atoms with Crippen LogP contribution in [0.1, 0.15) is 49.4 Å². The van der Waals surface area contributed by atoms with Gasteiger partial charge in [0.25, 0.3) is 0 Å². The van der Waals surface area contributed by atoms with E-state index in [1.165, 1.54) is 0 Å². The Hall–Kier alpha value is -1.71. The lowest BCUT2D eigenvalue weighted by Crippen LogP contribution is -2.41. The number of hydrogen-bond acceptors (Lipinski definition) is 2. The molecule has 138 valence electrons. The average Bonchev–Trinajstić information content (AvgIpc) is 2.54. The molecule has 26 heavy (non-hydrogen) atoms. The second-order valence-corrected chi connectivity index (χ2v) is 8.31. The Kier molecular flexibility index (Phi) is 5.50. The summed E-state index contributed by atoms with van der Waals surface area (Å²) in [4.78, 5) is 12.5. The van der Waals surface area contributed by atoms with E-state index in [1.54, 1.807) is 12.1 Å². The average molecular weight is 392 g/mol. The first-order valence-corrected chi connectivity index (χ1v) is 9.52. The Morgan fingerprint density at radius 3 is 2.73 bits per heavy atom. The van der Waals surface area contributed by atoms with Crippen LogP contribution in [0.25, 0.3) is 0 Å². The summed E-state index contributed by atoms with van der Waals surface area (Å²) in [6.45, 7) is 6.13. The lowest BCUT2D eigenvalue weighted by atomic mass is 9.89. The van der Waals surface area contributed by atoms with Crippen molar-refractivity contribution >= 4 is 29.1 Å². The van der Waals surface area contributed by atoms with Crippen LogP contribution >= 0.6 is 23.2 Å². The van der Waals surface area contributed by atoms with E-state index in [4.69, 9.17) is 27.9 Å². The summed E-state index contributed by atoms with van der Waals surface area (Å²) in [7, 11) is 0. The fourth-order valence-corrected chi connectivity index (χ4v) is 3.84. The van der Waals surface area contributed by atoms with Gasteiger partial charge in [-0.3, -0.25) is 4.79 Å². The van der Waals surface area contributed by atoms with Gasteiger partial charge in [0.05, 0.1) is 6.04 Å². The third-order valence-corrected chi connectivity index (χ3v) is 5.18. The zero-order valence-electron chi connectivity index (χ0n) is 15.2. The van der Waals surface area contributed by atoms with Crippen molar-refractivity contribution in [2.45, 2.75) is 51.7 Å². The Morgan fingerprint density at radius 2 is 2.00 bits per heavy atom. The van der Waals surface area contributed by atoms with Crippen molar-refractivity contribution in [3.63, 3.8) is 0 Å². The number of amides is 1. The number of ether oxygens (including phenoxy) is 1. The highest BCUT2D eigenvalue weighted by Gasteiger charge is 2.34. The highest BCUT2D eigenvalue weighted by molar-refractivity contribution is 6.35. The number of rotatable bonds is 4. The number of aryl methyl sites for hydroxylation is 2. The van der Waals surface area contributed by atoms with Crippen molar-refractivity contribution in [3.8, 4) is 5.75 Å². The minimum absolute atomic E-state index is 0.00572. The zero-order chi connectivity index (χ0) is 18.9. The molecule has 0 spiro atoms.